The van der Waals surface area contributed by atoms with Crippen molar-refractivity contribution in [3.8, 4) is 0 Å². The van der Waals surface area contributed by atoms with Crippen molar-refractivity contribution < 1.29 is 9.53 Å². The molecule has 0 aliphatic heterocycles. The number of aromatic nitrogens is 1. The van der Waals surface area contributed by atoms with E-state index in [1.54, 1.807) is 11.3 Å². The lowest BCUT2D eigenvalue weighted by molar-refractivity contribution is -0.142. The van der Waals surface area contributed by atoms with E-state index in [2.05, 4.69) is 11.9 Å². The molecule has 0 aromatic carbocycles. The standard InChI is InChI=1S/C11H18N2O2S/c1-5-15-10(14)6-7-13(4)11-12-8(2)9(3)16-11/h5-7H2,1-4H3. The average molecular weight is 242 g/mol. The Morgan fingerprint density at radius 2 is 2.19 bits per heavy atom. The average Bonchev–Trinajstić information content (AvgIpc) is 2.56. The normalized spacial score (nSPS) is 10.2. The Hall–Kier alpha value is -1.10. The molecule has 0 N–H and O–H groups in total. The number of carbonyl (C=O) groups is 1. The number of aryl methyl sites for hydroxylation is 2. The van der Waals surface area contributed by atoms with Crippen LogP contribution in [0.4, 0.5) is 5.13 Å². The van der Waals surface area contributed by atoms with Crippen LogP contribution in [0.25, 0.3) is 0 Å². The maximum atomic E-state index is 11.2. The van der Waals surface area contributed by atoms with Gasteiger partial charge >= 0.3 is 5.97 Å². The molecule has 0 radical (unpaired) electrons. The molecule has 1 aromatic rings. The van der Waals surface area contributed by atoms with Crippen LogP contribution in [-0.4, -0.2) is 31.2 Å². The van der Waals surface area contributed by atoms with Crippen LogP contribution in [0.15, 0.2) is 0 Å². The summed E-state index contributed by atoms with van der Waals surface area (Å²) < 4.78 is 4.87. The van der Waals surface area contributed by atoms with E-state index in [4.69, 9.17) is 4.74 Å². The summed E-state index contributed by atoms with van der Waals surface area (Å²) in [6.45, 7) is 6.95. The lowest BCUT2D eigenvalue weighted by atomic mass is 10.4. The third kappa shape index (κ3) is 3.48. The highest BCUT2D eigenvalue weighted by Crippen LogP contribution is 2.24. The Bertz CT molecular complexity index is 343. The van der Waals surface area contributed by atoms with Gasteiger partial charge in [-0.3, -0.25) is 4.79 Å². The third-order valence-electron chi connectivity index (χ3n) is 2.30. The van der Waals surface area contributed by atoms with Gasteiger partial charge in [0.25, 0.3) is 0 Å². The summed E-state index contributed by atoms with van der Waals surface area (Å²) in [5.41, 5.74) is 1.06. The number of nitrogens with zero attached hydrogens (tertiary/aromatic N) is 2. The molecule has 16 heavy (non-hydrogen) atoms. The van der Waals surface area contributed by atoms with E-state index < -0.39 is 0 Å². The van der Waals surface area contributed by atoms with Crippen LogP contribution in [-0.2, 0) is 9.53 Å². The van der Waals surface area contributed by atoms with Crippen LogP contribution in [0.1, 0.15) is 23.9 Å². The quantitative estimate of drug-likeness (QED) is 0.742. The minimum Gasteiger partial charge on any atom is -0.466 e. The monoisotopic (exact) mass is 242 g/mol. The van der Waals surface area contributed by atoms with E-state index in [0.717, 1.165) is 10.8 Å². The number of esters is 1. The van der Waals surface area contributed by atoms with Crippen molar-refractivity contribution in [3.05, 3.63) is 10.6 Å². The largest absolute Gasteiger partial charge is 0.466 e. The van der Waals surface area contributed by atoms with Gasteiger partial charge in [-0.05, 0) is 20.8 Å². The van der Waals surface area contributed by atoms with Gasteiger partial charge in [-0.15, -0.1) is 11.3 Å². The Kier molecular flexibility index (Phi) is 4.73. The maximum absolute atomic E-state index is 11.2. The zero-order valence-corrected chi connectivity index (χ0v) is 11.1. The van der Waals surface area contributed by atoms with Crippen molar-refractivity contribution in [2.75, 3.05) is 25.1 Å². The van der Waals surface area contributed by atoms with Crippen molar-refractivity contribution in [1.82, 2.24) is 4.98 Å². The first kappa shape index (κ1) is 13.0. The minimum absolute atomic E-state index is 0.153. The Balaban J connectivity index is 2.46. The molecule has 4 nitrogen and oxygen atoms in total. The Labute approximate surface area is 100 Å². The molecule has 0 aliphatic rings. The minimum atomic E-state index is -0.153. The Morgan fingerprint density at radius 3 is 2.69 bits per heavy atom. The van der Waals surface area contributed by atoms with E-state index >= 15 is 0 Å². The summed E-state index contributed by atoms with van der Waals surface area (Å²) in [4.78, 5) is 18.8. The van der Waals surface area contributed by atoms with E-state index in [9.17, 15) is 4.79 Å². The molecule has 0 unspecified atom stereocenters. The second-order valence-electron chi connectivity index (χ2n) is 3.61. The van der Waals surface area contributed by atoms with E-state index in [-0.39, 0.29) is 5.97 Å². The number of hydrogen-bond donors (Lipinski definition) is 0. The predicted octanol–water partition coefficient (Wildman–Crippen LogP) is 2.15. The van der Waals surface area contributed by atoms with Gasteiger partial charge in [0.1, 0.15) is 0 Å². The molecule has 0 saturated heterocycles. The highest BCUT2D eigenvalue weighted by atomic mass is 32.1. The first-order valence-corrected chi connectivity index (χ1v) is 6.17. The summed E-state index contributed by atoms with van der Waals surface area (Å²) in [5, 5.41) is 0.958. The number of anilines is 1. The van der Waals surface area contributed by atoms with Crippen LogP contribution in [0.5, 0.6) is 0 Å². The molecule has 1 heterocycles. The molecule has 0 aliphatic carbocycles. The molecule has 0 amide bonds. The van der Waals surface area contributed by atoms with Gasteiger partial charge in [-0.1, -0.05) is 0 Å². The van der Waals surface area contributed by atoms with Gasteiger partial charge in [0.2, 0.25) is 0 Å². The number of hydrogen-bond acceptors (Lipinski definition) is 5. The van der Waals surface area contributed by atoms with Crippen molar-refractivity contribution in [2.24, 2.45) is 0 Å². The first-order chi connectivity index (χ1) is 7.54. The molecular weight excluding hydrogens is 224 g/mol. The molecule has 1 aromatic heterocycles. The van der Waals surface area contributed by atoms with Gasteiger partial charge in [0, 0.05) is 18.5 Å². The SMILES string of the molecule is CCOC(=O)CCN(C)c1nc(C)c(C)s1. The van der Waals surface area contributed by atoms with E-state index in [1.807, 2.05) is 25.8 Å². The van der Waals surface area contributed by atoms with E-state index in [0.29, 0.717) is 19.6 Å². The molecule has 0 fully saturated rings. The molecule has 0 spiro atoms. The lowest BCUT2D eigenvalue weighted by Crippen LogP contribution is -2.21. The molecule has 5 heteroatoms. The number of thiazole rings is 1. The summed E-state index contributed by atoms with van der Waals surface area (Å²) in [6.07, 6.45) is 0.405. The van der Waals surface area contributed by atoms with Crippen molar-refractivity contribution in [3.63, 3.8) is 0 Å². The second-order valence-corrected chi connectivity index (χ2v) is 4.80. The first-order valence-electron chi connectivity index (χ1n) is 5.35. The fourth-order valence-corrected chi connectivity index (χ4v) is 2.10. The summed E-state index contributed by atoms with van der Waals surface area (Å²) >= 11 is 1.65. The van der Waals surface area contributed by atoms with Gasteiger partial charge in [-0.2, -0.15) is 0 Å². The van der Waals surface area contributed by atoms with Gasteiger partial charge in [0.05, 0.1) is 18.7 Å². The van der Waals surface area contributed by atoms with Crippen LogP contribution in [0.3, 0.4) is 0 Å². The zero-order chi connectivity index (χ0) is 12.1. The predicted molar refractivity (Wildman–Crippen MR) is 66.1 cm³/mol. The molecule has 0 saturated carbocycles. The smallest absolute Gasteiger partial charge is 0.307 e. The zero-order valence-electron chi connectivity index (χ0n) is 10.2. The van der Waals surface area contributed by atoms with Crippen molar-refractivity contribution in [2.45, 2.75) is 27.2 Å². The van der Waals surface area contributed by atoms with Crippen LogP contribution in [0.2, 0.25) is 0 Å². The van der Waals surface area contributed by atoms with Gasteiger partial charge < -0.3 is 9.64 Å². The molecule has 0 atom stereocenters. The lowest BCUT2D eigenvalue weighted by Gasteiger charge is -2.14. The topological polar surface area (TPSA) is 42.4 Å². The highest BCUT2D eigenvalue weighted by molar-refractivity contribution is 7.15. The van der Waals surface area contributed by atoms with Crippen LogP contribution in [0, 0.1) is 13.8 Å². The summed E-state index contributed by atoms with van der Waals surface area (Å²) in [5.74, 6) is -0.153. The van der Waals surface area contributed by atoms with Crippen LogP contribution >= 0.6 is 11.3 Å². The number of ether oxygens (including phenoxy) is 1. The van der Waals surface area contributed by atoms with Gasteiger partial charge in [0.15, 0.2) is 5.13 Å². The Morgan fingerprint density at radius 1 is 1.50 bits per heavy atom. The second kappa shape index (κ2) is 5.84. The third-order valence-corrected chi connectivity index (χ3v) is 3.49. The molecule has 0 bridgehead atoms. The molecule has 90 valence electrons. The maximum Gasteiger partial charge on any atom is 0.307 e. The van der Waals surface area contributed by atoms with Crippen molar-refractivity contribution in [1.29, 1.82) is 0 Å². The van der Waals surface area contributed by atoms with Gasteiger partial charge in [-0.25, -0.2) is 4.98 Å². The van der Waals surface area contributed by atoms with Crippen molar-refractivity contribution >= 4 is 22.4 Å². The fourth-order valence-electron chi connectivity index (χ4n) is 1.21. The molecular formula is C11H18N2O2S. The molecule has 1 rings (SSSR count). The van der Waals surface area contributed by atoms with E-state index in [1.165, 1.54) is 4.88 Å². The number of rotatable bonds is 5. The fraction of sp³-hybridized carbons (Fsp3) is 0.636. The number of carbonyl (C=O) groups excluding carboxylic acids is 1. The summed E-state index contributed by atoms with van der Waals surface area (Å²) in [7, 11) is 1.94. The van der Waals surface area contributed by atoms with Crippen LogP contribution < -0.4 is 4.90 Å². The highest BCUT2D eigenvalue weighted by Gasteiger charge is 2.10. The summed E-state index contributed by atoms with van der Waals surface area (Å²) in [6, 6.07) is 0.